The van der Waals surface area contributed by atoms with Crippen molar-refractivity contribution in [3.63, 3.8) is 0 Å². The molecule has 0 heterocycles. The van der Waals surface area contributed by atoms with Crippen molar-refractivity contribution in [2.24, 2.45) is 5.41 Å². The molecule has 2 amide bonds. The molecule has 0 saturated heterocycles. The third-order valence-corrected chi connectivity index (χ3v) is 4.34. The molecular weight excluding hydrogens is 316 g/mol. The van der Waals surface area contributed by atoms with E-state index >= 15 is 0 Å². The van der Waals surface area contributed by atoms with E-state index in [9.17, 15) is 9.59 Å². The van der Waals surface area contributed by atoms with Crippen molar-refractivity contribution >= 4 is 28.5 Å². The van der Waals surface area contributed by atoms with Crippen LogP contribution in [0.5, 0.6) is 0 Å². The Balaban J connectivity index is 1.87. The van der Waals surface area contributed by atoms with Crippen LogP contribution in [0, 0.1) is 12.3 Å². The van der Waals surface area contributed by atoms with Gasteiger partial charge in [-0.3, -0.25) is 4.79 Å². The van der Waals surface area contributed by atoms with E-state index in [1.165, 1.54) is 0 Å². The van der Waals surface area contributed by atoms with Gasteiger partial charge in [0.15, 0.2) is 0 Å². The minimum absolute atomic E-state index is 0.157. The number of hydrogen-bond acceptors (Lipinski definition) is 3. The van der Waals surface area contributed by atoms with Gasteiger partial charge in [-0.05, 0) is 44.7 Å². The van der Waals surface area contributed by atoms with Crippen molar-refractivity contribution in [2.75, 3.05) is 18.5 Å². The van der Waals surface area contributed by atoms with E-state index in [1.807, 2.05) is 64.1 Å². The highest BCUT2D eigenvalue weighted by Gasteiger charge is 2.26. The lowest BCUT2D eigenvalue weighted by Crippen LogP contribution is -2.34. The number of hydrogen-bond donors (Lipinski definition) is 2. The molecule has 0 aromatic heterocycles. The predicted octanol–water partition coefficient (Wildman–Crippen LogP) is 4.25. The number of urea groups is 1. The molecule has 2 N–H and O–H groups in total. The van der Waals surface area contributed by atoms with E-state index in [4.69, 9.17) is 4.74 Å². The standard InChI is InChI=1S/C20H26N2O3/c1-5-20(3,4)18(23)25-12-11-21-19(24)22-17-8-6-7-15-10-9-14(2)13-16(15)17/h6-10,13H,5,11-12H2,1-4H3,(H2,21,22,24). The number of ether oxygens (including phenoxy) is 1. The van der Waals surface area contributed by atoms with Crippen LogP contribution in [0.3, 0.4) is 0 Å². The maximum atomic E-state index is 12.1. The van der Waals surface area contributed by atoms with Crippen molar-refractivity contribution in [3.8, 4) is 0 Å². The molecule has 0 aliphatic heterocycles. The van der Waals surface area contributed by atoms with E-state index in [-0.39, 0.29) is 25.2 Å². The number of amides is 2. The molecule has 2 aromatic rings. The van der Waals surface area contributed by atoms with Crippen LogP contribution in [0.25, 0.3) is 10.8 Å². The summed E-state index contributed by atoms with van der Waals surface area (Å²) in [7, 11) is 0. The van der Waals surface area contributed by atoms with Crippen LogP contribution in [0.1, 0.15) is 32.8 Å². The van der Waals surface area contributed by atoms with Crippen LogP contribution in [0.15, 0.2) is 36.4 Å². The second-order valence-corrected chi connectivity index (χ2v) is 6.78. The molecule has 0 aliphatic rings. The second kappa shape index (κ2) is 8.01. The number of benzene rings is 2. The third-order valence-electron chi connectivity index (χ3n) is 4.34. The number of fused-ring (bicyclic) bond motifs is 1. The van der Waals surface area contributed by atoms with E-state index in [0.29, 0.717) is 6.42 Å². The SMILES string of the molecule is CCC(C)(C)C(=O)OCCNC(=O)Nc1cccc2ccc(C)cc12. The first kappa shape index (κ1) is 18.8. The Hall–Kier alpha value is -2.56. The number of aryl methyl sites for hydroxylation is 1. The Morgan fingerprint density at radius 3 is 2.64 bits per heavy atom. The zero-order valence-electron chi connectivity index (χ0n) is 15.3. The van der Waals surface area contributed by atoms with Gasteiger partial charge in [0.25, 0.3) is 0 Å². The van der Waals surface area contributed by atoms with Crippen molar-refractivity contribution in [1.29, 1.82) is 0 Å². The summed E-state index contributed by atoms with van der Waals surface area (Å²) in [6.07, 6.45) is 0.709. The number of anilines is 1. The maximum Gasteiger partial charge on any atom is 0.319 e. The van der Waals surface area contributed by atoms with Gasteiger partial charge in [0, 0.05) is 5.39 Å². The highest BCUT2D eigenvalue weighted by molar-refractivity contribution is 6.01. The predicted molar refractivity (Wildman–Crippen MR) is 101 cm³/mol. The molecule has 0 atom stereocenters. The van der Waals surface area contributed by atoms with Crippen molar-refractivity contribution < 1.29 is 14.3 Å². The molecule has 0 aliphatic carbocycles. The van der Waals surface area contributed by atoms with E-state index in [2.05, 4.69) is 10.6 Å². The first-order valence-corrected chi connectivity index (χ1v) is 8.55. The number of carbonyl (C=O) groups excluding carboxylic acids is 2. The fourth-order valence-electron chi connectivity index (χ4n) is 2.31. The number of rotatable bonds is 6. The maximum absolute atomic E-state index is 12.1. The molecule has 0 spiro atoms. The molecule has 0 unspecified atom stereocenters. The zero-order chi connectivity index (χ0) is 18.4. The molecule has 2 aromatic carbocycles. The Kier molecular flexibility index (Phi) is 6.02. The van der Waals surface area contributed by atoms with Crippen LogP contribution in [0.4, 0.5) is 10.5 Å². The van der Waals surface area contributed by atoms with Crippen LogP contribution in [0.2, 0.25) is 0 Å². The summed E-state index contributed by atoms with van der Waals surface area (Å²) in [5, 5.41) is 7.62. The summed E-state index contributed by atoms with van der Waals surface area (Å²) in [6, 6.07) is 11.6. The van der Waals surface area contributed by atoms with Crippen molar-refractivity contribution in [2.45, 2.75) is 34.1 Å². The van der Waals surface area contributed by atoms with E-state index in [0.717, 1.165) is 22.0 Å². The Morgan fingerprint density at radius 2 is 1.92 bits per heavy atom. The first-order valence-electron chi connectivity index (χ1n) is 8.55. The summed E-state index contributed by atoms with van der Waals surface area (Å²) >= 11 is 0. The largest absolute Gasteiger partial charge is 0.463 e. The monoisotopic (exact) mass is 342 g/mol. The molecular formula is C20H26N2O3. The minimum atomic E-state index is -0.497. The fourth-order valence-corrected chi connectivity index (χ4v) is 2.31. The van der Waals surface area contributed by atoms with Gasteiger partial charge >= 0.3 is 12.0 Å². The van der Waals surface area contributed by atoms with Gasteiger partial charge in [-0.1, -0.05) is 36.8 Å². The molecule has 2 rings (SSSR count). The lowest BCUT2D eigenvalue weighted by atomic mass is 9.91. The summed E-state index contributed by atoms with van der Waals surface area (Å²) in [5.74, 6) is -0.248. The Bertz CT molecular complexity index is 769. The molecule has 25 heavy (non-hydrogen) atoms. The minimum Gasteiger partial charge on any atom is -0.463 e. The van der Waals surface area contributed by atoms with E-state index in [1.54, 1.807) is 0 Å². The van der Waals surface area contributed by atoms with Crippen LogP contribution >= 0.6 is 0 Å². The lowest BCUT2D eigenvalue weighted by molar-refractivity contribution is -0.153. The van der Waals surface area contributed by atoms with Gasteiger partial charge in [0.05, 0.1) is 17.6 Å². The van der Waals surface area contributed by atoms with Crippen LogP contribution < -0.4 is 10.6 Å². The zero-order valence-corrected chi connectivity index (χ0v) is 15.3. The van der Waals surface area contributed by atoms with Gasteiger partial charge in [-0.25, -0.2) is 4.79 Å². The second-order valence-electron chi connectivity index (χ2n) is 6.78. The van der Waals surface area contributed by atoms with Gasteiger partial charge in [-0.2, -0.15) is 0 Å². The summed E-state index contributed by atoms with van der Waals surface area (Å²) in [4.78, 5) is 23.9. The molecule has 5 heteroatoms. The number of esters is 1. The summed E-state index contributed by atoms with van der Waals surface area (Å²) in [5.41, 5.74) is 1.39. The van der Waals surface area contributed by atoms with Crippen molar-refractivity contribution in [3.05, 3.63) is 42.0 Å². The number of nitrogens with one attached hydrogen (secondary N) is 2. The topological polar surface area (TPSA) is 67.4 Å². The average Bonchev–Trinajstić information content (AvgIpc) is 2.59. The van der Waals surface area contributed by atoms with Gasteiger partial charge in [0.2, 0.25) is 0 Å². The van der Waals surface area contributed by atoms with Crippen LogP contribution in [-0.2, 0) is 9.53 Å². The molecule has 134 valence electrons. The highest BCUT2D eigenvalue weighted by atomic mass is 16.5. The summed E-state index contributed by atoms with van der Waals surface area (Å²) < 4.78 is 5.20. The molecule has 5 nitrogen and oxygen atoms in total. The summed E-state index contributed by atoms with van der Waals surface area (Å²) in [6.45, 7) is 8.07. The Morgan fingerprint density at radius 1 is 1.16 bits per heavy atom. The smallest absolute Gasteiger partial charge is 0.319 e. The molecule has 0 fully saturated rings. The lowest BCUT2D eigenvalue weighted by Gasteiger charge is -2.20. The normalized spacial score (nSPS) is 11.2. The average molecular weight is 342 g/mol. The Labute approximate surface area is 148 Å². The van der Waals surface area contributed by atoms with Crippen molar-refractivity contribution in [1.82, 2.24) is 5.32 Å². The molecule has 0 radical (unpaired) electrons. The first-order chi connectivity index (χ1) is 11.8. The van der Waals surface area contributed by atoms with Crippen LogP contribution in [-0.4, -0.2) is 25.2 Å². The van der Waals surface area contributed by atoms with Gasteiger partial charge < -0.3 is 15.4 Å². The molecule has 0 saturated carbocycles. The quantitative estimate of drug-likeness (QED) is 0.609. The third kappa shape index (κ3) is 4.95. The molecule has 0 bridgehead atoms. The van der Waals surface area contributed by atoms with Gasteiger partial charge in [0.1, 0.15) is 6.61 Å². The van der Waals surface area contributed by atoms with Gasteiger partial charge in [-0.15, -0.1) is 0 Å². The number of carbonyl (C=O) groups is 2. The van der Waals surface area contributed by atoms with E-state index < -0.39 is 5.41 Å². The highest BCUT2D eigenvalue weighted by Crippen LogP contribution is 2.24. The fraction of sp³-hybridized carbons (Fsp3) is 0.400.